The summed E-state index contributed by atoms with van der Waals surface area (Å²) in [7, 11) is 2.19. The maximum absolute atomic E-state index is 9.24. The van der Waals surface area contributed by atoms with Crippen LogP contribution in [0.2, 0.25) is 0 Å². The first-order valence-corrected chi connectivity index (χ1v) is 6.58. The smallest absolute Gasteiger partial charge is 0.0585 e. The van der Waals surface area contributed by atoms with Crippen LogP contribution < -0.4 is 5.32 Å². The molecular weight excluding hydrogens is 200 g/mol. The molecule has 1 saturated carbocycles. The van der Waals surface area contributed by atoms with Crippen molar-refractivity contribution < 1.29 is 5.11 Å². The minimum absolute atomic E-state index is 0.242. The summed E-state index contributed by atoms with van der Waals surface area (Å²) in [5.74, 6) is 1.86. The molecular formula is C13H28N2O. The molecule has 3 nitrogen and oxygen atoms in total. The molecule has 96 valence electrons. The molecule has 0 aromatic carbocycles. The second kappa shape index (κ2) is 6.58. The van der Waals surface area contributed by atoms with Crippen molar-refractivity contribution >= 4 is 0 Å². The molecule has 0 amide bonds. The summed E-state index contributed by atoms with van der Waals surface area (Å²) in [5, 5.41) is 12.6. The van der Waals surface area contributed by atoms with Gasteiger partial charge in [-0.2, -0.15) is 0 Å². The number of nitrogens with zero attached hydrogens (tertiary/aromatic N) is 1. The van der Waals surface area contributed by atoms with Crippen LogP contribution in [0.3, 0.4) is 0 Å². The minimum Gasteiger partial charge on any atom is -0.395 e. The van der Waals surface area contributed by atoms with E-state index in [-0.39, 0.29) is 12.6 Å². The number of rotatable bonds is 8. The maximum atomic E-state index is 9.24. The molecule has 3 heteroatoms. The van der Waals surface area contributed by atoms with E-state index in [4.69, 9.17) is 0 Å². The Morgan fingerprint density at radius 2 is 2.06 bits per heavy atom. The van der Waals surface area contributed by atoms with Gasteiger partial charge in [0.2, 0.25) is 0 Å². The first-order valence-electron chi connectivity index (χ1n) is 6.58. The van der Waals surface area contributed by atoms with Crippen molar-refractivity contribution in [3.8, 4) is 0 Å². The van der Waals surface area contributed by atoms with Gasteiger partial charge in [0, 0.05) is 18.6 Å². The molecule has 3 atom stereocenters. The van der Waals surface area contributed by atoms with E-state index in [2.05, 4.69) is 38.0 Å². The van der Waals surface area contributed by atoms with E-state index in [1.807, 2.05) is 0 Å². The lowest BCUT2D eigenvalue weighted by molar-refractivity contribution is 0.208. The Kier molecular flexibility index (Phi) is 5.73. The van der Waals surface area contributed by atoms with Gasteiger partial charge >= 0.3 is 0 Å². The molecule has 0 radical (unpaired) electrons. The third kappa shape index (κ3) is 5.28. The molecule has 0 spiro atoms. The fourth-order valence-corrected chi connectivity index (χ4v) is 2.22. The first kappa shape index (κ1) is 13.9. The van der Waals surface area contributed by atoms with Crippen LogP contribution in [0.5, 0.6) is 0 Å². The molecule has 0 heterocycles. The van der Waals surface area contributed by atoms with Crippen LogP contribution in [0, 0.1) is 11.8 Å². The second-order valence-corrected chi connectivity index (χ2v) is 5.72. The van der Waals surface area contributed by atoms with Gasteiger partial charge in [-0.15, -0.1) is 0 Å². The Bertz CT molecular complexity index is 196. The van der Waals surface area contributed by atoms with E-state index in [1.165, 1.54) is 13.0 Å². The Morgan fingerprint density at radius 1 is 1.44 bits per heavy atom. The number of aliphatic hydroxyl groups excluding tert-OH is 1. The zero-order chi connectivity index (χ0) is 12.1. The topological polar surface area (TPSA) is 35.5 Å². The van der Waals surface area contributed by atoms with E-state index in [0.29, 0.717) is 6.04 Å². The number of nitrogens with one attached hydrogen (secondary N) is 1. The zero-order valence-electron chi connectivity index (χ0n) is 11.2. The fraction of sp³-hybridized carbons (Fsp3) is 1.00. The van der Waals surface area contributed by atoms with Gasteiger partial charge in [-0.1, -0.05) is 20.8 Å². The second-order valence-electron chi connectivity index (χ2n) is 5.72. The van der Waals surface area contributed by atoms with E-state index in [9.17, 15) is 5.11 Å². The Morgan fingerprint density at radius 3 is 2.50 bits per heavy atom. The summed E-state index contributed by atoms with van der Waals surface area (Å²) in [6, 6.07) is 0.699. The van der Waals surface area contributed by atoms with Gasteiger partial charge in [0.1, 0.15) is 0 Å². The van der Waals surface area contributed by atoms with Crippen LogP contribution in [0.4, 0.5) is 0 Å². The average Bonchev–Trinajstić information content (AvgIpc) is 2.88. The highest BCUT2D eigenvalue weighted by molar-refractivity contribution is 4.84. The Hall–Kier alpha value is -0.120. The highest BCUT2D eigenvalue weighted by Gasteiger charge is 2.32. The summed E-state index contributed by atoms with van der Waals surface area (Å²) in [4.78, 5) is 2.40. The van der Waals surface area contributed by atoms with Crippen molar-refractivity contribution in [1.82, 2.24) is 10.2 Å². The summed E-state index contributed by atoms with van der Waals surface area (Å²) < 4.78 is 0. The van der Waals surface area contributed by atoms with Gasteiger partial charge in [-0.25, -0.2) is 0 Å². The molecule has 2 N–H and O–H groups in total. The number of aliphatic hydroxyl groups is 1. The van der Waals surface area contributed by atoms with Crippen LogP contribution >= 0.6 is 0 Å². The SMILES string of the molecule is CC(C)NC(CO)CCN(C)CC1CC1C. The van der Waals surface area contributed by atoms with Gasteiger partial charge in [0.15, 0.2) is 0 Å². The first-order chi connectivity index (χ1) is 7.52. The Labute approximate surface area is 100 Å². The minimum atomic E-state index is 0.242. The Balaban J connectivity index is 2.10. The lowest BCUT2D eigenvalue weighted by Crippen LogP contribution is -2.40. The van der Waals surface area contributed by atoms with Gasteiger partial charge < -0.3 is 15.3 Å². The molecule has 0 aliphatic heterocycles. The van der Waals surface area contributed by atoms with Crippen molar-refractivity contribution in [1.29, 1.82) is 0 Å². The standard InChI is InChI=1S/C13H28N2O/c1-10(2)14-13(9-16)5-6-15(4)8-12-7-11(12)3/h10-14,16H,5-9H2,1-4H3. The lowest BCUT2D eigenvalue weighted by Gasteiger charge is -2.23. The van der Waals surface area contributed by atoms with Crippen LogP contribution in [-0.4, -0.2) is 48.8 Å². The van der Waals surface area contributed by atoms with Crippen LogP contribution in [-0.2, 0) is 0 Å². The number of hydrogen-bond acceptors (Lipinski definition) is 3. The quantitative estimate of drug-likeness (QED) is 0.658. The van der Waals surface area contributed by atoms with E-state index < -0.39 is 0 Å². The molecule has 0 bridgehead atoms. The largest absolute Gasteiger partial charge is 0.395 e. The molecule has 0 aromatic heterocycles. The van der Waals surface area contributed by atoms with Gasteiger partial charge in [-0.05, 0) is 38.3 Å². The van der Waals surface area contributed by atoms with Crippen molar-refractivity contribution in [3.05, 3.63) is 0 Å². The summed E-state index contributed by atoms with van der Waals surface area (Å²) in [6.07, 6.45) is 2.43. The van der Waals surface area contributed by atoms with E-state index in [0.717, 1.165) is 24.8 Å². The molecule has 1 rings (SSSR count). The van der Waals surface area contributed by atoms with Gasteiger partial charge in [-0.3, -0.25) is 0 Å². The maximum Gasteiger partial charge on any atom is 0.0585 e. The summed E-state index contributed by atoms with van der Waals surface area (Å²) in [5.41, 5.74) is 0. The van der Waals surface area contributed by atoms with Crippen LogP contribution in [0.15, 0.2) is 0 Å². The van der Waals surface area contributed by atoms with Gasteiger partial charge in [0.05, 0.1) is 6.61 Å². The molecule has 1 fully saturated rings. The van der Waals surface area contributed by atoms with E-state index in [1.54, 1.807) is 0 Å². The average molecular weight is 228 g/mol. The third-order valence-corrected chi connectivity index (χ3v) is 3.47. The van der Waals surface area contributed by atoms with Crippen LogP contribution in [0.1, 0.15) is 33.6 Å². The van der Waals surface area contributed by atoms with Crippen molar-refractivity contribution in [2.75, 3.05) is 26.7 Å². The summed E-state index contributed by atoms with van der Waals surface area (Å²) >= 11 is 0. The molecule has 16 heavy (non-hydrogen) atoms. The van der Waals surface area contributed by atoms with Crippen molar-refractivity contribution in [2.24, 2.45) is 11.8 Å². The molecule has 3 unspecified atom stereocenters. The third-order valence-electron chi connectivity index (χ3n) is 3.47. The monoisotopic (exact) mass is 228 g/mol. The predicted octanol–water partition coefficient (Wildman–Crippen LogP) is 1.32. The highest BCUT2D eigenvalue weighted by Crippen LogP contribution is 2.37. The summed E-state index contributed by atoms with van der Waals surface area (Å²) in [6.45, 7) is 9.12. The van der Waals surface area contributed by atoms with Crippen molar-refractivity contribution in [2.45, 2.75) is 45.7 Å². The van der Waals surface area contributed by atoms with Gasteiger partial charge in [0.25, 0.3) is 0 Å². The highest BCUT2D eigenvalue weighted by atomic mass is 16.3. The van der Waals surface area contributed by atoms with E-state index >= 15 is 0 Å². The lowest BCUT2D eigenvalue weighted by atomic mass is 10.2. The predicted molar refractivity (Wildman–Crippen MR) is 68.5 cm³/mol. The number of hydrogen-bond donors (Lipinski definition) is 2. The van der Waals surface area contributed by atoms with Crippen molar-refractivity contribution in [3.63, 3.8) is 0 Å². The normalized spacial score (nSPS) is 26.4. The zero-order valence-corrected chi connectivity index (χ0v) is 11.2. The molecule has 0 aromatic rings. The molecule has 0 saturated heterocycles. The fourth-order valence-electron chi connectivity index (χ4n) is 2.22. The van der Waals surface area contributed by atoms with Crippen LogP contribution in [0.25, 0.3) is 0 Å². The molecule has 1 aliphatic carbocycles. The molecule has 1 aliphatic rings.